The Bertz CT molecular complexity index is 933. The summed E-state index contributed by atoms with van der Waals surface area (Å²) in [5, 5.41) is 8.16. The summed E-state index contributed by atoms with van der Waals surface area (Å²) < 4.78 is 7.02. The molecule has 3 aromatic rings. The van der Waals surface area contributed by atoms with Gasteiger partial charge in [-0.25, -0.2) is 9.97 Å². The highest BCUT2D eigenvalue weighted by molar-refractivity contribution is 5.81. The monoisotopic (exact) mass is 354 g/mol. The van der Waals surface area contributed by atoms with Crippen LogP contribution in [0.5, 0.6) is 5.88 Å². The molecular weight excluding hydrogens is 328 g/mol. The van der Waals surface area contributed by atoms with Gasteiger partial charge in [-0.3, -0.25) is 0 Å². The summed E-state index contributed by atoms with van der Waals surface area (Å²) in [6.07, 6.45) is 2.18. The third-order valence-corrected chi connectivity index (χ3v) is 4.41. The van der Waals surface area contributed by atoms with Crippen LogP contribution in [0.25, 0.3) is 16.8 Å². The Labute approximate surface area is 153 Å². The smallest absolute Gasteiger partial charge is 0.227 e. The lowest BCUT2D eigenvalue weighted by molar-refractivity contribution is 0.397. The van der Waals surface area contributed by atoms with Crippen molar-refractivity contribution in [1.82, 2.24) is 24.6 Å². The van der Waals surface area contributed by atoms with Gasteiger partial charge in [0.25, 0.3) is 0 Å². The summed E-state index contributed by atoms with van der Waals surface area (Å²) in [5.74, 6) is 2.04. The average molecular weight is 354 g/mol. The molecule has 3 rings (SSSR count). The van der Waals surface area contributed by atoms with Crippen molar-refractivity contribution in [3.05, 3.63) is 29.3 Å². The SMILES string of the molecule is CCC[C@H](C)Nc1nc(C)nc2c(-c3ccc(OC)nc3C)c(C)nn12. The first-order valence-corrected chi connectivity index (χ1v) is 8.97. The van der Waals surface area contributed by atoms with Crippen LogP contribution in [0.3, 0.4) is 0 Å². The van der Waals surface area contributed by atoms with E-state index in [2.05, 4.69) is 34.1 Å². The van der Waals surface area contributed by atoms with Crippen molar-refractivity contribution in [2.24, 2.45) is 0 Å². The third-order valence-electron chi connectivity index (χ3n) is 4.41. The molecular formula is C19H26N6O. The minimum absolute atomic E-state index is 0.315. The van der Waals surface area contributed by atoms with Crippen LogP contribution in [0, 0.1) is 20.8 Å². The highest BCUT2D eigenvalue weighted by Gasteiger charge is 2.19. The second kappa shape index (κ2) is 7.27. The molecule has 7 nitrogen and oxygen atoms in total. The number of hydrogen-bond donors (Lipinski definition) is 1. The second-order valence-corrected chi connectivity index (χ2v) is 6.61. The zero-order valence-electron chi connectivity index (χ0n) is 16.3. The molecule has 0 aliphatic carbocycles. The number of anilines is 1. The minimum atomic E-state index is 0.315. The molecule has 7 heteroatoms. The first-order chi connectivity index (χ1) is 12.4. The topological polar surface area (TPSA) is 77.2 Å². The molecule has 3 heterocycles. The number of pyridine rings is 1. The van der Waals surface area contributed by atoms with E-state index < -0.39 is 0 Å². The number of aryl methyl sites for hydroxylation is 3. The Morgan fingerprint density at radius 1 is 1.12 bits per heavy atom. The standard InChI is InChI=1S/C19H26N6O/c1-7-8-11(2)20-19-23-14(5)22-18-17(13(4)24-25(18)19)15-9-10-16(26-6)21-12(15)3/h9-11H,7-8H2,1-6H3,(H,20,22,23)/t11-/m0/s1. The fourth-order valence-electron chi connectivity index (χ4n) is 3.20. The Balaban J connectivity index is 2.16. The molecule has 0 saturated carbocycles. The van der Waals surface area contributed by atoms with E-state index >= 15 is 0 Å². The number of nitrogens with one attached hydrogen (secondary N) is 1. The Morgan fingerprint density at radius 2 is 1.88 bits per heavy atom. The molecule has 0 radical (unpaired) electrons. The predicted octanol–water partition coefficient (Wildman–Crippen LogP) is 3.72. The maximum absolute atomic E-state index is 5.22. The average Bonchev–Trinajstić information content (AvgIpc) is 2.91. The number of methoxy groups -OCH3 is 1. The summed E-state index contributed by atoms with van der Waals surface area (Å²) >= 11 is 0. The second-order valence-electron chi connectivity index (χ2n) is 6.61. The van der Waals surface area contributed by atoms with E-state index in [0.717, 1.165) is 47.0 Å². The number of hydrogen-bond acceptors (Lipinski definition) is 6. The van der Waals surface area contributed by atoms with Crippen LogP contribution in [0.2, 0.25) is 0 Å². The highest BCUT2D eigenvalue weighted by atomic mass is 16.5. The summed E-state index contributed by atoms with van der Waals surface area (Å²) in [6.45, 7) is 10.2. The molecule has 0 saturated heterocycles. The van der Waals surface area contributed by atoms with Crippen LogP contribution >= 0.6 is 0 Å². The van der Waals surface area contributed by atoms with Crippen molar-refractivity contribution in [2.45, 2.75) is 53.5 Å². The summed E-state index contributed by atoms with van der Waals surface area (Å²) in [6, 6.07) is 4.19. The van der Waals surface area contributed by atoms with Crippen LogP contribution < -0.4 is 10.1 Å². The van der Waals surface area contributed by atoms with Crippen molar-refractivity contribution in [3.8, 4) is 17.0 Å². The molecule has 0 fully saturated rings. The molecule has 0 aliphatic heterocycles. The summed E-state index contributed by atoms with van der Waals surface area (Å²) in [5.41, 5.74) is 4.55. The van der Waals surface area contributed by atoms with E-state index in [1.807, 2.05) is 32.9 Å². The van der Waals surface area contributed by atoms with Gasteiger partial charge < -0.3 is 10.1 Å². The first kappa shape index (κ1) is 18.1. The van der Waals surface area contributed by atoms with E-state index in [1.165, 1.54) is 0 Å². The molecule has 0 unspecified atom stereocenters. The number of rotatable bonds is 6. The van der Waals surface area contributed by atoms with Gasteiger partial charge in [-0.05, 0) is 40.2 Å². The van der Waals surface area contributed by atoms with Crippen molar-refractivity contribution < 1.29 is 4.74 Å². The quantitative estimate of drug-likeness (QED) is 0.727. The molecule has 0 aromatic carbocycles. The van der Waals surface area contributed by atoms with Gasteiger partial charge in [0.1, 0.15) is 5.82 Å². The highest BCUT2D eigenvalue weighted by Crippen LogP contribution is 2.31. The molecule has 1 N–H and O–H groups in total. The predicted molar refractivity (Wildman–Crippen MR) is 103 cm³/mol. The molecule has 3 aromatic heterocycles. The minimum Gasteiger partial charge on any atom is -0.481 e. The Morgan fingerprint density at radius 3 is 2.54 bits per heavy atom. The van der Waals surface area contributed by atoms with Gasteiger partial charge in [0.15, 0.2) is 5.65 Å². The van der Waals surface area contributed by atoms with Gasteiger partial charge in [0.05, 0.1) is 18.4 Å². The van der Waals surface area contributed by atoms with Gasteiger partial charge in [-0.2, -0.15) is 14.6 Å². The van der Waals surface area contributed by atoms with Crippen molar-refractivity contribution in [3.63, 3.8) is 0 Å². The number of fused-ring (bicyclic) bond motifs is 1. The molecule has 0 bridgehead atoms. The fourth-order valence-corrected chi connectivity index (χ4v) is 3.20. The van der Waals surface area contributed by atoms with Crippen LogP contribution in [-0.2, 0) is 0 Å². The van der Waals surface area contributed by atoms with Gasteiger partial charge in [-0.1, -0.05) is 13.3 Å². The lowest BCUT2D eigenvalue weighted by Crippen LogP contribution is -2.19. The summed E-state index contributed by atoms with van der Waals surface area (Å²) in [4.78, 5) is 13.7. The normalized spacial score (nSPS) is 12.4. The van der Waals surface area contributed by atoms with E-state index in [4.69, 9.17) is 9.84 Å². The lowest BCUT2D eigenvalue weighted by Gasteiger charge is -2.14. The first-order valence-electron chi connectivity index (χ1n) is 8.97. The van der Waals surface area contributed by atoms with Gasteiger partial charge in [0, 0.05) is 23.4 Å². The molecule has 1 atom stereocenters. The van der Waals surface area contributed by atoms with Crippen LogP contribution in [0.1, 0.15) is 43.9 Å². The third kappa shape index (κ3) is 3.34. The van der Waals surface area contributed by atoms with Crippen molar-refractivity contribution >= 4 is 11.6 Å². The number of ether oxygens (including phenoxy) is 1. The van der Waals surface area contributed by atoms with Crippen LogP contribution in [-0.4, -0.2) is 37.7 Å². The zero-order chi connectivity index (χ0) is 18.8. The molecule has 0 amide bonds. The van der Waals surface area contributed by atoms with Crippen molar-refractivity contribution in [2.75, 3.05) is 12.4 Å². The number of aromatic nitrogens is 5. The molecule has 138 valence electrons. The number of nitrogens with zero attached hydrogens (tertiary/aromatic N) is 5. The Kier molecular flexibility index (Phi) is 5.06. The lowest BCUT2D eigenvalue weighted by atomic mass is 10.1. The van der Waals surface area contributed by atoms with Gasteiger partial charge in [-0.15, -0.1) is 0 Å². The van der Waals surface area contributed by atoms with E-state index in [1.54, 1.807) is 11.6 Å². The van der Waals surface area contributed by atoms with E-state index in [-0.39, 0.29) is 0 Å². The molecule has 0 aliphatic rings. The van der Waals surface area contributed by atoms with Crippen LogP contribution in [0.4, 0.5) is 5.95 Å². The fraction of sp³-hybridized carbons (Fsp3) is 0.474. The molecule has 0 spiro atoms. The zero-order valence-corrected chi connectivity index (χ0v) is 16.3. The van der Waals surface area contributed by atoms with Crippen LogP contribution in [0.15, 0.2) is 12.1 Å². The van der Waals surface area contributed by atoms with E-state index in [0.29, 0.717) is 17.7 Å². The maximum Gasteiger partial charge on any atom is 0.227 e. The van der Waals surface area contributed by atoms with Gasteiger partial charge in [0.2, 0.25) is 11.8 Å². The van der Waals surface area contributed by atoms with Crippen molar-refractivity contribution in [1.29, 1.82) is 0 Å². The van der Waals surface area contributed by atoms with E-state index in [9.17, 15) is 0 Å². The maximum atomic E-state index is 5.22. The Hall–Kier alpha value is -2.70. The largest absolute Gasteiger partial charge is 0.481 e. The summed E-state index contributed by atoms with van der Waals surface area (Å²) in [7, 11) is 1.62. The molecule has 26 heavy (non-hydrogen) atoms. The van der Waals surface area contributed by atoms with Gasteiger partial charge >= 0.3 is 0 Å².